The van der Waals surface area contributed by atoms with Gasteiger partial charge in [0.25, 0.3) is 0 Å². The van der Waals surface area contributed by atoms with Gasteiger partial charge >= 0.3 is 12.0 Å². The van der Waals surface area contributed by atoms with Crippen molar-refractivity contribution >= 4 is 22.8 Å². The van der Waals surface area contributed by atoms with Crippen LogP contribution in [-0.2, 0) is 9.53 Å². The first-order valence-corrected chi connectivity index (χ1v) is 9.47. The number of nitrogens with one attached hydrogen (secondary N) is 1. The summed E-state index contributed by atoms with van der Waals surface area (Å²) in [7, 11) is 2.98. The predicted molar refractivity (Wildman–Crippen MR) is 108 cm³/mol. The molecule has 6 heteroatoms. The Morgan fingerprint density at radius 2 is 1.96 bits per heavy atom. The first-order valence-electron chi connectivity index (χ1n) is 9.47. The molecule has 0 bridgehead atoms. The Morgan fingerprint density at radius 3 is 2.68 bits per heavy atom. The summed E-state index contributed by atoms with van der Waals surface area (Å²) in [5, 5.41) is 4.89. The third-order valence-electron chi connectivity index (χ3n) is 5.13. The second-order valence-corrected chi connectivity index (χ2v) is 6.83. The van der Waals surface area contributed by atoms with Crippen molar-refractivity contribution in [2.24, 2.45) is 0 Å². The summed E-state index contributed by atoms with van der Waals surface area (Å²) >= 11 is 0. The summed E-state index contributed by atoms with van der Waals surface area (Å²) in [4.78, 5) is 26.6. The number of methoxy groups -OCH3 is 1. The van der Waals surface area contributed by atoms with E-state index < -0.39 is 12.0 Å². The van der Waals surface area contributed by atoms with Crippen molar-refractivity contribution in [3.8, 4) is 5.75 Å². The van der Waals surface area contributed by atoms with Crippen LogP contribution in [0.15, 0.2) is 47.7 Å². The molecule has 1 atom stereocenters. The summed E-state index contributed by atoms with van der Waals surface area (Å²) in [6.07, 6.45) is 1.94. The monoisotopic (exact) mass is 382 g/mol. The molecule has 0 radical (unpaired) electrons. The largest absolute Gasteiger partial charge is 0.493 e. The number of allylic oxidation sites excluding steroid dienone is 1. The molecule has 0 saturated heterocycles. The van der Waals surface area contributed by atoms with Gasteiger partial charge in [-0.25, -0.2) is 9.59 Å². The van der Waals surface area contributed by atoms with Crippen LogP contribution in [-0.4, -0.2) is 37.7 Å². The van der Waals surface area contributed by atoms with E-state index in [-0.39, 0.29) is 6.03 Å². The Kier molecular flexibility index (Phi) is 5.87. The number of hydrogen-bond acceptors (Lipinski definition) is 4. The van der Waals surface area contributed by atoms with Crippen molar-refractivity contribution in [1.82, 2.24) is 10.2 Å². The number of ether oxygens (including phenoxy) is 2. The minimum absolute atomic E-state index is 0.275. The lowest BCUT2D eigenvalue weighted by atomic mass is 9.90. The van der Waals surface area contributed by atoms with Gasteiger partial charge < -0.3 is 19.7 Å². The summed E-state index contributed by atoms with van der Waals surface area (Å²) in [6.45, 7) is 4.42. The number of carbonyl (C=O) groups excluding carboxylic acids is 2. The Hall–Kier alpha value is -3.02. The van der Waals surface area contributed by atoms with Crippen LogP contribution in [0.1, 0.15) is 38.3 Å². The fourth-order valence-electron chi connectivity index (χ4n) is 3.45. The topological polar surface area (TPSA) is 67.9 Å². The number of hydrogen-bond donors (Lipinski definition) is 1. The highest BCUT2D eigenvalue weighted by Gasteiger charge is 2.37. The number of nitrogens with zero attached hydrogens (tertiary/aromatic N) is 1. The van der Waals surface area contributed by atoms with Crippen LogP contribution in [0.3, 0.4) is 0 Å². The van der Waals surface area contributed by atoms with E-state index >= 15 is 0 Å². The van der Waals surface area contributed by atoms with Crippen LogP contribution in [0.2, 0.25) is 0 Å². The van der Waals surface area contributed by atoms with Gasteiger partial charge in [-0.3, -0.25) is 0 Å². The third-order valence-corrected chi connectivity index (χ3v) is 5.13. The van der Waals surface area contributed by atoms with Gasteiger partial charge in [0.1, 0.15) is 5.75 Å². The number of unbranched alkanes of at least 4 members (excludes halogenated alkanes) is 1. The highest BCUT2D eigenvalue weighted by molar-refractivity contribution is 5.98. The van der Waals surface area contributed by atoms with Crippen LogP contribution in [0.4, 0.5) is 4.79 Å². The molecule has 2 amide bonds. The predicted octanol–water partition coefficient (Wildman–Crippen LogP) is 4.16. The van der Waals surface area contributed by atoms with Gasteiger partial charge in [0.2, 0.25) is 0 Å². The molecule has 0 aromatic heterocycles. The molecule has 0 saturated carbocycles. The summed E-state index contributed by atoms with van der Waals surface area (Å²) in [5.41, 5.74) is 1.74. The Balaban J connectivity index is 2.22. The van der Waals surface area contributed by atoms with Gasteiger partial charge in [-0.2, -0.15) is 0 Å². The lowest BCUT2D eigenvalue weighted by molar-refractivity contribution is -0.136. The number of rotatable bonds is 6. The van der Waals surface area contributed by atoms with Gasteiger partial charge in [0.15, 0.2) is 0 Å². The molecule has 1 N–H and O–H groups in total. The molecule has 6 nitrogen and oxygen atoms in total. The molecule has 0 unspecified atom stereocenters. The van der Waals surface area contributed by atoms with Crippen LogP contribution < -0.4 is 10.1 Å². The Morgan fingerprint density at radius 1 is 1.21 bits per heavy atom. The maximum Gasteiger partial charge on any atom is 0.337 e. The van der Waals surface area contributed by atoms with Gasteiger partial charge in [0, 0.05) is 18.3 Å². The first kappa shape index (κ1) is 19.7. The van der Waals surface area contributed by atoms with Crippen LogP contribution in [0.25, 0.3) is 10.8 Å². The van der Waals surface area contributed by atoms with Crippen molar-refractivity contribution in [2.45, 2.75) is 32.7 Å². The van der Waals surface area contributed by atoms with E-state index in [4.69, 9.17) is 9.47 Å². The van der Waals surface area contributed by atoms with Crippen molar-refractivity contribution in [2.75, 3.05) is 20.8 Å². The second kappa shape index (κ2) is 8.33. The molecule has 148 valence electrons. The number of benzene rings is 2. The van der Waals surface area contributed by atoms with Crippen LogP contribution >= 0.6 is 0 Å². The molecule has 0 fully saturated rings. The standard InChI is InChI=1S/C22H26N2O4/c1-5-6-13-28-17-12-11-15-9-7-8-10-16(15)19(17)20-18(21(25)27-4)14(2)24(3)22(26)23-20/h7-12,20H,5-6,13H2,1-4H3,(H,23,26)/t20-/m0/s1. The fourth-order valence-corrected chi connectivity index (χ4v) is 3.45. The SMILES string of the molecule is CCCCOc1ccc2ccccc2c1[C@H]1NC(=O)N(C)C(C)=C1C(=O)OC. The molecule has 1 aliphatic rings. The van der Waals surface area contributed by atoms with E-state index in [1.54, 1.807) is 14.0 Å². The van der Waals surface area contributed by atoms with Crippen molar-refractivity contribution in [3.05, 3.63) is 53.2 Å². The molecule has 0 aliphatic carbocycles. The quantitative estimate of drug-likeness (QED) is 0.602. The van der Waals surface area contributed by atoms with E-state index in [0.717, 1.165) is 29.2 Å². The molecular weight excluding hydrogens is 356 g/mol. The number of esters is 1. The fraction of sp³-hybridized carbons (Fsp3) is 0.364. The van der Waals surface area contributed by atoms with E-state index in [2.05, 4.69) is 12.2 Å². The minimum Gasteiger partial charge on any atom is -0.493 e. The molecule has 1 heterocycles. The smallest absolute Gasteiger partial charge is 0.337 e. The molecule has 2 aromatic carbocycles. The van der Waals surface area contributed by atoms with Crippen molar-refractivity contribution in [1.29, 1.82) is 0 Å². The highest BCUT2D eigenvalue weighted by atomic mass is 16.5. The zero-order chi connectivity index (χ0) is 20.3. The highest BCUT2D eigenvalue weighted by Crippen LogP contribution is 2.40. The number of urea groups is 1. The second-order valence-electron chi connectivity index (χ2n) is 6.83. The number of amides is 2. The molecule has 0 spiro atoms. The van der Waals surface area contributed by atoms with E-state index in [0.29, 0.717) is 23.6 Å². The average Bonchev–Trinajstić information content (AvgIpc) is 2.71. The number of fused-ring (bicyclic) bond motifs is 1. The maximum atomic E-state index is 12.6. The van der Waals surface area contributed by atoms with Gasteiger partial charge in [-0.1, -0.05) is 43.7 Å². The van der Waals surface area contributed by atoms with Crippen molar-refractivity contribution < 1.29 is 19.1 Å². The molecule has 3 rings (SSSR count). The lowest BCUT2D eigenvalue weighted by Crippen LogP contribution is -2.46. The van der Waals surface area contributed by atoms with Crippen LogP contribution in [0, 0.1) is 0 Å². The van der Waals surface area contributed by atoms with Crippen molar-refractivity contribution in [3.63, 3.8) is 0 Å². The normalized spacial score (nSPS) is 16.9. The lowest BCUT2D eigenvalue weighted by Gasteiger charge is -2.34. The molecule has 1 aliphatic heterocycles. The zero-order valence-electron chi connectivity index (χ0n) is 16.7. The summed E-state index contributed by atoms with van der Waals surface area (Å²) in [6, 6.07) is 10.8. The zero-order valence-corrected chi connectivity index (χ0v) is 16.7. The van der Waals surface area contributed by atoms with Gasteiger partial charge in [0.05, 0.1) is 25.3 Å². The average molecular weight is 382 g/mol. The van der Waals surface area contributed by atoms with E-state index in [1.165, 1.54) is 12.0 Å². The third kappa shape index (κ3) is 3.54. The van der Waals surface area contributed by atoms with E-state index in [9.17, 15) is 9.59 Å². The maximum absolute atomic E-state index is 12.6. The summed E-state index contributed by atoms with van der Waals surface area (Å²) in [5.74, 6) is 0.193. The van der Waals surface area contributed by atoms with Gasteiger partial charge in [-0.15, -0.1) is 0 Å². The summed E-state index contributed by atoms with van der Waals surface area (Å²) < 4.78 is 11.1. The minimum atomic E-state index is -0.654. The number of carbonyl (C=O) groups is 2. The molecule has 2 aromatic rings. The Bertz CT molecular complexity index is 935. The molecular formula is C22H26N2O4. The molecule has 28 heavy (non-hydrogen) atoms. The van der Waals surface area contributed by atoms with Gasteiger partial charge in [-0.05, 0) is 30.2 Å². The first-order chi connectivity index (χ1) is 13.5. The van der Waals surface area contributed by atoms with E-state index in [1.807, 2.05) is 36.4 Å². The Labute approximate surface area is 165 Å². The van der Waals surface area contributed by atoms with Crippen LogP contribution in [0.5, 0.6) is 5.75 Å².